The molecule has 0 atom stereocenters. The normalized spacial score (nSPS) is 9.94. The van der Waals surface area contributed by atoms with Crippen molar-refractivity contribution in [3.8, 4) is 0 Å². The second kappa shape index (κ2) is 5.12. The van der Waals surface area contributed by atoms with Crippen molar-refractivity contribution < 1.29 is 0 Å². The molecule has 5 heteroatoms. The highest BCUT2D eigenvalue weighted by molar-refractivity contribution is 7.80. The fraction of sp³-hybridized carbons (Fsp3) is 0. The zero-order chi connectivity index (χ0) is 12.3. The molecule has 0 aliphatic heterocycles. The largest absolute Gasteiger partial charge is 0.389 e. The third kappa shape index (κ3) is 3.15. The number of nitrogens with two attached hydrogens (primary N) is 1. The number of nitrogens with zero attached hydrogens (tertiary/aromatic N) is 1. The van der Waals surface area contributed by atoms with Gasteiger partial charge < -0.3 is 11.1 Å². The van der Waals surface area contributed by atoms with E-state index in [9.17, 15) is 0 Å². The van der Waals surface area contributed by atoms with E-state index in [1.165, 1.54) is 0 Å². The number of thiocarbonyl (C=S) groups is 1. The Morgan fingerprint density at radius 2 is 1.88 bits per heavy atom. The Labute approximate surface area is 110 Å². The summed E-state index contributed by atoms with van der Waals surface area (Å²) in [5.74, 6) is 0.729. The molecule has 0 spiro atoms. The van der Waals surface area contributed by atoms with E-state index < -0.39 is 0 Å². The number of halogens is 1. The number of aromatic nitrogens is 1. The van der Waals surface area contributed by atoms with Gasteiger partial charge in [-0.15, -0.1) is 0 Å². The monoisotopic (exact) mass is 263 g/mol. The highest BCUT2D eigenvalue weighted by Gasteiger charge is 1.99. The van der Waals surface area contributed by atoms with Gasteiger partial charge in [0.15, 0.2) is 0 Å². The number of hydrogen-bond acceptors (Lipinski definition) is 3. The predicted molar refractivity (Wildman–Crippen MR) is 74.9 cm³/mol. The second-order valence-electron chi connectivity index (χ2n) is 3.43. The zero-order valence-corrected chi connectivity index (χ0v) is 10.4. The standard InChI is InChI=1S/C12H10ClN3S/c13-9-2-4-10(5-3-9)16-11-6-1-8(7-15-11)12(14)17/h1-7H,(H2,14,17)(H,15,16). The van der Waals surface area contributed by atoms with Crippen LogP contribution in [0.5, 0.6) is 0 Å². The molecular formula is C12H10ClN3S. The summed E-state index contributed by atoms with van der Waals surface area (Å²) in [5.41, 5.74) is 7.16. The minimum absolute atomic E-state index is 0.343. The Morgan fingerprint density at radius 3 is 2.41 bits per heavy atom. The van der Waals surface area contributed by atoms with E-state index in [1.807, 2.05) is 36.4 Å². The van der Waals surface area contributed by atoms with E-state index in [2.05, 4.69) is 10.3 Å². The molecule has 0 bridgehead atoms. The van der Waals surface area contributed by atoms with Gasteiger partial charge in [-0.3, -0.25) is 0 Å². The highest BCUT2D eigenvalue weighted by Crippen LogP contribution is 2.17. The van der Waals surface area contributed by atoms with Crippen molar-refractivity contribution in [2.45, 2.75) is 0 Å². The first-order valence-corrected chi connectivity index (χ1v) is 5.72. The third-order valence-corrected chi connectivity index (χ3v) is 2.65. The number of nitrogens with one attached hydrogen (secondary N) is 1. The Kier molecular flexibility index (Phi) is 3.56. The quantitative estimate of drug-likeness (QED) is 0.836. The highest BCUT2D eigenvalue weighted by atomic mass is 35.5. The molecule has 0 aliphatic carbocycles. The number of hydrogen-bond donors (Lipinski definition) is 2. The van der Waals surface area contributed by atoms with Crippen LogP contribution in [0.3, 0.4) is 0 Å². The first-order valence-electron chi connectivity index (χ1n) is 4.93. The van der Waals surface area contributed by atoms with Crippen molar-refractivity contribution >= 4 is 40.3 Å². The lowest BCUT2D eigenvalue weighted by Crippen LogP contribution is -2.09. The fourth-order valence-electron chi connectivity index (χ4n) is 1.29. The summed E-state index contributed by atoms with van der Waals surface area (Å²) in [7, 11) is 0. The van der Waals surface area contributed by atoms with Crippen LogP contribution in [0.2, 0.25) is 5.02 Å². The average molecular weight is 264 g/mol. The number of anilines is 2. The summed E-state index contributed by atoms with van der Waals surface area (Å²) in [4.78, 5) is 4.55. The first kappa shape index (κ1) is 11.8. The lowest BCUT2D eigenvalue weighted by atomic mass is 10.3. The second-order valence-corrected chi connectivity index (χ2v) is 4.30. The zero-order valence-electron chi connectivity index (χ0n) is 8.85. The molecule has 1 aromatic carbocycles. The molecule has 1 heterocycles. The predicted octanol–water partition coefficient (Wildman–Crippen LogP) is 3.11. The SMILES string of the molecule is NC(=S)c1ccc(Nc2ccc(Cl)cc2)nc1. The fourth-order valence-corrected chi connectivity index (χ4v) is 1.54. The minimum Gasteiger partial charge on any atom is -0.389 e. The van der Waals surface area contributed by atoms with E-state index in [0.29, 0.717) is 10.0 Å². The van der Waals surface area contributed by atoms with Crippen LogP contribution in [0.25, 0.3) is 0 Å². The first-order chi connectivity index (χ1) is 8.15. The van der Waals surface area contributed by atoms with Crippen molar-refractivity contribution in [2.75, 3.05) is 5.32 Å². The lowest BCUT2D eigenvalue weighted by molar-refractivity contribution is 1.30. The van der Waals surface area contributed by atoms with E-state index in [-0.39, 0.29) is 0 Å². The Balaban J connectivity index is 2.13. The van der Waals surface area contributed by atoms with E-state index in [1.54, 1.807) is 6.20 Å². The average Bonchev–Trinajstić information content (AvgIpc) is 2.33. The molecule has 0 unspecified atom stereocenters. The van der Waals surface area contributed by atoms with Crippen LogP contribution in [0.4, 0.5) is 11.5 Å². The minimum atomic E-state index is 0.343. The van der Waals surface area contributed by atoms with Gasteiger partial charge >= 0.3 is 0 Å². The topological polar surface area (TPSA) is 50.9 Å². The van der Waals surface area contributed by atoms with Gasteiger partial charge in [-0.2, -0.15) is 0 Å². The summed E-state index contributed by atoms with van der Waals surface area (Å²) >= 11 is 10.7. The summed E-state index contributed by atoms with van der Waals surface area (Å²) < 4.78 is 0. The molecule has 2 rings (SSSR count). The third-order valence-electron chi connectivity index (χ3n) is 2.16. The van der Waals surface area contributed by atoms with Gasteiger partial charge in [-0.1, -0.05) is 23.8 Å². The Hall–Kier alpha value is -1.65. The molecule has 0 aliphatic rings. The summed E-state index contributed by atoms with van der Waals surface area (Å²) in [6.45, 7) is 0. The maximum atomic E-state index is 5.80. The van der Waals surface area contributed by atoms with Crippen molar-refractivity contribution in [3.63, 3.8) is 0 Å². The van der Waals surface area contributed by atoms with Gasteiger partial charge in [0, 0.05) is 22.5 Å². The van der Waals surface area contributed by atoms with Gasteiger partial charge in [-0.05, 0) is 36.4 Å². The molecule has 0 fully saturated rings. The molecule has 0 saturated heterocycles. The van der Waals surface area contributed by atoms with Crippen LogP contribution in [0.15, 0.2) is 42.6 Å². The van der Waals surface area contributed by atoms with E-state index in [4.69, 9.17) is 29.6 Å². The molecule has 86 valence electrons. The van der Waals surface area contributed by atoms with Crippen LogP contribution < -0.4 is 11.1 Å². The molecule has 3 nitrogen and oxygen atoms in total. The van der Waals surface area contributed by atoms with Gasteiger partial charge in [0.2, 0.25) is 0 Å². The summed E-state index contributed by atoms with van der Waals surface area (Å²) in [5, 5.41) is 3.84. The number of benzene rings is 1. The molecule has 2 aromatic rings. The Bertz CT molecular complexity index is 522. The number of rotatable bonds is 3. The van der Waals surface area contributed by atoms with Gasteiger partial charge in [-0.25, -0.2) is 4.98 Å². The van der Waals surface area contributed by atoms with E-state index in [0.717, 1.165) is 17.1 Å². The lowest BCUT2D eigenvalue weighted by Gasteiger charge is -2.06. The van der Waals surface area contributed by atoms with Crippen LogP contribution in [0, 0.1) is 0 Å². The smallest absolute Gasteiger partial charge is 0.130 e. The van der Waals surface area contributed by atoms with Crippen LogP contribution in [-0.2, 0) is 0 Å². The van der Waals surface area contributed by atoms with Crippen molar-refractivity contribution in [2.24, 2.45) is 5.73 Å². The van der Waals surface area contributed by atoms with Gasteiger partial charge in [0.05, 0.1) is 0 Å². The maximum absolute atomic E-state index is 5.80. The van der Waals surface area contributed by atoms with Gasteiger partial charge in [0.25, 0.3) is 0 Å². The van der Waals surface area contributed by atoms with Crippen LogP contribution >= 0.6 is 23.8 Å². The van der Waals surface area contributed by atoms with Crippen molar-refractivity contribution in [1.82, 2.24) is 4.98 Å². The number of pyridine rings is 1. The maximum Gasteiger partial charge on any atom is 0.130 e. The van der Waals surface area contributed by atoms with E-state index >= 15 is 0 Å². The molecular weight excluding hydrogens is 254 g/mol. The molecule has 0 radical (unpaired) electrons. The Morgan fingerprint density at radius 1 is 1.18 bits per heavy atom. The summed E-state index contributed by atoms with van der Waals surface area (Å²) in [6.07, 6.45) is 1.64. The molecule has 3 N–H and O–H groups in total. The molecule has 1 aromatic heterocycles. The summed E-state index contributed by atoms with van der Waals surface area (Å²) in [6, 6.07) is 11.0. The van der Waals surface area contributed by atoms with Gasteiger partial charge in [0.1, 0.15) is 10.8 Å². The van der Waals surface area contributed by atoms with Crippen molar-refractivity contribution in [1.29, 1.82) is 0 Å². The van der Waals surface area contributed by atoms with Crippen LogP contribution in [0.1, 0.15) is 5.56 Å². The molecule has 0 saturated carbocycles. The van der Waals surface area contributed by atoms with Crippen LogP contribution in [-0.4, -0.2) is 9.97 Å². The molecule has 17 heavy (non-hydrogen) atoms. The molecule has 0 amide bonds. The van der Waals surface area contributed by atoms with Crippen molar-refractivity contribution in [3.05, 3.63) is 53.2 Å².